The van der Waals surface area contributed by atoms with Gasteiger partial charge in [0.15, 0.2) is 0 Å². The third-order valence-electron chi connectivity index (χ3n) is 1.86. The molecule has 1 atom stereocenters. The minimum atomic E-state index is -1.35. The molecule has 0 aliphatic heterocycles. The number of aromatic nitrogens is 3. The van der Waals surface area contributed by atoms with Crippen molar-refractivity contribution in [1.29, 1.82) is 0 Å². The number of aliphatic hydroxyl groups is 1. The van der Waals surface area contributed by atoms with Gasteiger partial charge in [0.2, 0.25) is 11.8 Å². The van der Waals surface area contributed by atoms with E-state index in [0.717, 1.165) is 0 Å². The molecule has 1 heterocycles. The maximum Gasteiger partial charge on any atom is 0.248 e. The van der Waals surface area contributed by atoms with Gasteiger partial charge in [0, 0.05) is 12.6 Å². The summed E-state index contributed by atoms with van der Waals surface area (Å²) in [5.74, 6) is -1.16. The number of hydrogen-bond donors (Lipinski definition) is 3. The van der Waals surface area contributed by atoms with Crippen molar-refractivity contribution >= 4 is 11.8 Å². The lowest BCUT2D eigenvalue weighted by molar-refractivity contribution is -0.127. The number of amides is 2. The lowest BCUT2D eigenvalue weighted by Crippen LogP contribution is -2.40. The molecule has 1 aromatic rings. The molecular weight excluding hydrogens is 214 g/mol. The third-order valence-corrected chi connectivity index (χ3v) is 1.86. The molecule has 88 valence electrons. The molecule has 1 rings (SSSR count). The van der Waals surface area contributed by atoms with Crippen LogP contribution in [-0.2, 0) is 16.1 Å². The topological polar surface area (TPSA) is 123 Å². The van der Waals surface area contributed by atoms with E-state index >= 15 is 0 Å². The maximum atomic E-state index is 11.2. The number of aryl methyl sites for hydroxylation is 1. The molecule has 0 aromatic carbocycles. The van der Waals surface area contributed by atoms with Crippen molar-refractivity contribution in [3.05, 3.63) is 12.4 Å². The first kappa shape index (κ1) is 12.1. The van der Waals surface area contributed by atoms with Gasteiger partial charge < -0.3 is 16.2 Å². The van der Waals surface area contributed by atoms with Crippen LogP contribution in [0.5, 0.6) is 0 Å². The van der Waals surface area contributed by atoms with Gasteiger partial charge in [0.1, 0.15) is 6.10 Å². The summed E-state index contributed by atoms with van der Waals surface area (Å²) in [5, 5.41) is 18.6. The number of nitrogens with zero attached hydrogens (tertiary/aromatic N) is 3. The molecule has 0 fully saturated rings. The van der Waals surface area contributed by atoms with Gasteiger partial charge in [-0.3, -0.25) is 14.3 Å². The van der Waals surface area contributed by atoms with Crippen LogP contribution in [0, 0.1) is 0 Å². The monoisotopic (exact) mass is 227 g/mol. The highest BCUT2D eigenvalue weighted by Gasteiger charge is 2.11. The van der Waals surface area contributed by atoms with E-state index in [9.17, 15) is 9.59 Å². The van der Waals surface area contributed by atoms with Gasteiger partial charge in [0.05, 0.1) is 19.3 Å². The molecule has 0 saturated heterocycles. The number of nitrogens with one attached hydrogen (secondary N) is 1. The van der Waals surface area contributed by atoms with Gasteiger partial charge in [-0.05, 0) is 0 Å². The summed E-state index contributed by atoms with van der Waals surface area (Å²) in [7, 11) is 0. The second kappa shape index (κ2) is 5.81. The summed E-state index contributed by atoms with van der Waals surface area (Å²) < 4.78 is 1.50. The summed E-state index contributed by atoms with van der Waals surface area (Å²) >= 11 is 0. The predicted molar refractivity (Wildman–Crippen MR) is 52.8 cm³/mol. The minimum Gasteiger partial charge on any atom is -0.381 e. The first-order valence-electron chi connectivity index (χ1n) is 4.68. The van der Waals surface area contributed by atoms with Gasteiger partial charge in [-0.1, -0.05) is 5.21 Å². The van der Waals surface area contributed by atoms with Crippen LogP contribution in [0.3, 0.4) is 0 Å². The van der Waals surface area contributed by atoms with Gasteiger partial charge in [-0.2, -0.15) is 0 Å². The number of carbonyl (C=O) groups is 2. The fraction of sp³-hybridized carbons (Fsp3) is 0.500. The van der Waals surface area contributed by atoms with Crippen LogP contribution < -0.4 is 11.1 Å². The quantitative estimate of drug-likeness (QED) is 0.501. The van der Waals surface area contributed by atoms with Crippen molar-refractivity contribution in [1.82, 2.24) is 20.3 Å². The standard InChI is InChI=1S/C8H13N5O3/c9-8(16)6(14)5-10-7(15)1-3-13-4-2-11-12-13/h2,4,6,14H,1,3,5H2,(H2,9,16)(H,10,15). The number of carbonyl (C=O) groups excluding carboxylic acids is 2. The number of rotatable bonds is 6. The SMILES string of the molecule is NC(=O)C(O)CNC(=O)CCn1ccnn1. The summed E-state index contributed by atoms with van der Waals surface area (Å²) in [6.45, 7) is 0.212. The Morgan fingerprint density at radius 2 is 2.31 bits per heavy atom. The van der Waals surface area contributed by atoms with Crippen molar-refractivity contribution in [2.45, 2.75) is 19.1 Å². The molecule has 4 N–H and O–H groups in total. The van der Waals surface area contributed by atoms with E-state index in [1.165, 1.54) is 10.9 Å². The predicted octanol–water partition coefficient (Wildman–Crippen LogP) is -2.37. The van der Waals surface area contributed by atoms with Crippen LogP contribution in [0.25, 0.3) is 0 Å². The maximum absolute atomic E-state index is 11.2. The molecule has 0 aliphatic rings. The molecule has 8 heteroatoms. The molecule has 16 heavy (non-hydrogen) atoms. The van der Waals surface area contributed by atoms with E-state index < -0.39 is 12.0 Å². The lowest BCUT2D eigenvalue weighted by Gasteiger charge is -2.08. The molecule has 1 unspecified atom stereocenters. The zero-order chi connectivity index (χ0) is 12.0. The molecule has 2 amide bonds. The fourth-order valence-corrected chi connectivity index (χ4v) is 0.968. The number of hydrogen-bond acceptors (Lipinski definition) is 5. The van der Waals surface area contributed by atoms with Crippen LogP contribution in [0.1, 0.15) is 6.42 Å². The Labute approximate surface area is 91.4 Å². The highest BCUT2D eigenvalue weighted by molar-refractivity contribution is 5.80. The number of aliphatic hydroxyl groups excluding tert-OH is 1. The Balaban J connectivity index is 2.19. The Morgan fingerprint density at radius 3 is 2.88 bits per heavy atom. The van der Waals surface area contributed by atoms with E-state index in [2.05, 4.69) is 15.6 Å². The Kier molecular flexibility index (Phi) is 4.40. The van der Waals surface area contributed by atoms with E-state index in [1.807, 2.05) is 0 Å². The normalized spacial score (nSPS) is 12.1. The first-order chi connectivity index (χ1) is 7.59. The van der Waals surface area contributed by atoms with E-state index in [0.29, 0.717) is 6.54 Å². The van der Waals surface area contributed by atoms with E-state index in [4.69, 9.17) is 10.8 Å². The van der Waals surface area contributed by atoms with Crippen LogP contribution in [-0.4, -0.2) is 44.6 Å². The van der Waals surface area contributed by atoms with Crippen LogP contribution in [0.2, 0.25) is 0 Å². The molecule has 0 bridgehead atoms. The highest BCUT2D eigenvalue weighted by atomic mass is 16.3. The largest absolute Gasteiger partial charge is 0.381 e. The molecule has 0 saturated carbocycles. The fourth-order valence-electron chi connectivity index (χ4n) is 0.968. The highest BCUT2D eigenvalue weighted by Crippen LogP contribution is 1.88. The second-order valence-corrected chi connectivity index (χ2v) is 3.14. The van der Waals surface area contributed by atoms with Crippen molar-refractivity contribution in [2.75, 3.05) is 6.54 Å². The van der Waals surface area contributed by atoms with Crippen molar-refractivity contribution < 1.29 is 14.7 Å². The second-order valence-electron chi connectivity index (χ2n) is 3.14. The van der Waals surface area contributed by atoms with Gasteiger partial charge in [-0.25, -0.2) is 0 Å². The summed E-state index contributed by atoms with van der Waals surface area (Å²) in [6, 6.07) is 0. The molecule has 8 nitrogen and oxygen atoms in total. The summed E-state index contributed by atoms with van der Waals surface area (Å²) in [5.41, 5.74) is 4.81. The van der Waals surface area contributed by atoms with Gasteiger partial charge >= 0.3 is 0 Å². The zero-order valence-corrected chi connectivity index (χ0v) is 8.54. The van der Waals surface area contributed by atoms with Crippen LogP contribution in [0.15, 0.2) is 12.4 Å². The van der Waals surface area contributed by atoms with Crippen molar-refractivity contribution in [3.63, 3.8) is 0 Å². The average Bonchev–Trinajstić information content (AvgIpc) is 2.75. The molecule has 0 aliphatic carbocycles. The van der Waals surface area contributed by atoms with Crippen molar-refractivity contribution in [3.8, 4) is 0 Å². The average molecular weight is 227 g/mol. The van der Waals surface area contributed by atoms with Gasteiger partial charge in [-0.15, -0.1) is 5.10 Å². The number of nitrogens with two attached hydrogens (primary N) is 1. The number of primary amides is 1. The molecule has 0 spiro atoms. The smallest absolute Gasteiger partial charge is 0.248 e. The Hall–Kier alpha value is -1.96. The molecular formula is C8H13N5O3. The molecule has 0 radical (unpaired) electrons. The van der Waals surface area contributed by atoms with Gasteiger partial charge in [0.25, 0.3) is 0 Å². The first-order valence-corrected chi connectivity index (χ1v) is 4.68. The summed E-state index contributed by atoms with van der Waals surface area (Å²) in [4.78, 5) is 21.7. The molecule has 1 aromatic heterocycles. The lowest BCUT2D eigenvalue weighted by atomic mass is 10.3. The zero-order valence-electron chi connectivity index (χ0n) is 8.54. The van der Waals surface area contributed by atoms with Crippen LogP contribution in [0.4, 0.5) is 0 Å². The van der Waals surface area contributed by atoms with E-state index in [-0.39, 0.29) is 18.9 Å². The minimum absolute atomic E-state index is 0.175. The van der Waals surface area contributed by atoms with Crippen molar-refractivity contribution in [2.24, 2.45) is 5.73 Å². The summed E-state index contributed by atoms with van der Waals surface area (Å²) in [6.07, 6.45) is 1.98. The van der Waals surface area contributed by atoms with Crippen LogP contribution >= 0.6 is 0 Å². The van der Waals surface area contributed by atoms with E-state index in [1.54, 1.807) is 6.20 Å². The Morgan fingerprint density at radius 1 is 1.56 bits per heavy atom. The third kappa shape index (κ3) is 4.05. The Bertz CT molecular complexity index is 351.